The van der Waals surface area contributed by atoms with Gasteiger partial charge in [-0.1, -0.05) is 80.6 Å². The summed E-state index contributed by atoms with van der Waals surface area (Å²) in [5.74, 6) is -5.07. The number of amides is 1. The molecule has 8 unspecified atom stereocenters. The van der Waals surface area contributed by atoms with E-state index in [-0.39, 0.29) is 123 Å². The molecule has 1 aliphatic heterocycles. The number of esters is 2. The van der Waals surface area contributed by atoms with Crippen molar-refractivity contribution in [3.8, 4) is 0 Å². The molecule has 3 aromatic carbocycles. The molecule has 6 N–H and O–H groups in total. The number of ketones is 1. The largest absolute Gasteiger partial charge is 0.456 e. The number of fused-ring (bicyclic) bond motifs is 5. The summed E-state index contributed by atoms with van der Waals surface area (Å²) in [6.07, 6.45) is -10.3. The number of aliphatic hydroxyl groups excluding tert-OH is 3. The van der Waals surface area contributed by atoms with Gasteiger partial charge in [-0.2, -0.15) is 0 Å². The molecule has 0 spiro atoms. The summed E-state index contributed by atoms with van der Waals surface area (Å²) in [7, 11) is 0. The van der Waals surface area contributed by atoms with Crippen LogP contribution in [0.1, 0.15) is 72.9 Å². The summed E-state index contributed by atoms with van der Waals surface area (Å²) in [6.45, 7) is 5.72. The van der Waals surface area contributed by atoms with Gasteiger partial charge in [0, 0.05) is 118 Å². The third-order valence-electron chi connectivity index (χ3n) is 12.9. The molecule has 4 aliphatic rings. The van der Waals surface area contributed by atoms with Gasteiger partial charge in [-0.3, -0.25) is 9.59 Å². The summed E-state index contributed by atoms with van der Waals surface area (Å²) in [5.41, 5.74) is -6.83. The number of hydrogen-bond acceptors (Lipinski definition) is 12. The number of carbonyl (C=O) groups is 4. The minimum Gasteiger partial charge on any atom is -0.456 e. The van der Waals surface area contributed by atoms with Crippen molar-refractivity contribution in [3.63, 3.8) is 0 Å². The smallest absolute Gasteiger partial charge is 0.338 e. The zero-order valence-corrected chi connectivity index (χ0v) is 42.1. The molecule has 58 heavy (non-hydrogen) atoms. The van der Waals surface area contributed by atoms with Crippen LogP contribution in [0.25, 0.3) is 0 Å². The maximum Gasteiger partial charge on any atom is 0.338 e. The minimum absolute atomic E-state index is 0. The van der Waals surface area contributed by atoms with Crippen molar-refractivity contribution in [1.82, 2.24) is 5.32 Å². The van der Waals surface area contributed by atoms with Gasteiger partial charge in [0.05, 0.1) is 35.8 Å². The minimum atomic E-state index is -2.30. The molecular weight excluding hydrogens is 1180 g/mol. The molecule has 13 nitrogen and oxygen atoms in total. The van der Waals surface area contributed by atoms with Gasteiger partial charge in [-0.05, 0) is 54.8 Å². The van der Waals surface area contributed by atoms with Gasteiger partial charge in [-0.25, -0.2) is 9.59 Å². The van der Waals surface area contributed by atoms with Crippen molar-refractivity contribution in [2.75, 3.05) is 6.61 Å². The van der Waals surface area contributed by atoms with Crippen LogP contribution in [0.15, 0.2) is 102 Å². The Morgan fingerprint density at radius 3 is 1.95 bits per heavy atom. The third kappa shape index (κ3) is 7.78. The number of nitrogens with one attached hydrogen (secondary N) is 1. The second-order valence-corrected chi connectivity index (χ2v) is 16.2. The van der Waals surface area contributed by atoms with Crippen LogP contribution in [0.5, 0.6) is 0 Å². The molecular formula is C43H47Ac2NO12. The van der Waals surface area contributed by atoms with Crippen LogP contribution in [0, 0.1) is 105 Å². The molecule has 3 aromatic rings. The van der Waals surface area contributed by atoms with Crippen LogP contribution >= 0.6 is 0 Å². The van der Waals surface area contributed by atoms with Gasteiger partial charge < -0.3 is 45.1 Å². The maximum absolute atomic E-state index is 14.7. The molecule has 11 atom stereocenters. The van der Waals surface area contributed by atoms with E-state index in [0.29, 0.717) is 5.56 Å². The van der Waals surface area contributed by atoms with Crippen molar-refractivity contribution >= 4 is 23.6 Å². The third-order valence-corrected chi connectivity index (χ3v) is 12.9. The van der Waals surface area contributed by atoms with E-state index in [0.717, 1.165) is 0 Å². The van der Waals surface area contributed by atoms with Crippen LogP contribution in [0.4, 0.5) is 0 Å². The first-order chi connectivity index (χ1) is 26.5. The van der Waals surface area contributed by atoms with E-state index in [1.54, 1.807) is 92.7 Å². The van der Waals surface area contributed by atoms with Gasteiger partial charge in [0.15, 0.2) is 11.9 Å². The molecule has 15 heteroatoms. The SMILES string of the molecule is CC1=C2C(O)C(=O)[C@]3(C)C(O)CC4OC[C@@]4(O)C3[C@H](OC(=O)c3ccccc3)C(O)(CC1OC(=O)C(O)C(NC(=O)c1ccccc1)c1ccccc1)C2(C)C.[Ac].[Ac]. The van der Waals surface area contributed by atoms with E-state index in [4.69, 9.17) is 14.2 Å². The monoisotopic (exact) mass is 1220 g/mol. The Morgan fingerprint density at radius 2 is 1.40 bits per heavy atom. The van der Waals surface area contributed by atoms with E-state index in [9.17, 15) is 44.7 Å². The first-order valence-electron chi connectivity index (χ1n) is 18.7. The number of hydrogen-bond donors (Lipinski definition) is 6. The van der Waals surface area contributed by atoms with Crippen LogP contribution < -0.4 is 5.32 Å². The van der Waals surface area contributed by atoms with E-state index >= 15 is 0 Å². The van der Waals surface area contributed by atoms with Crippen LogP contribution in [0.3, 0.4) is 0 Å². The summed E-state index contributed by atoms with van der Waals surface area (Å²) in [5, 5.41) is 63.6. The summed E-state index contributed by atoms with van der Waals surface area (Å²) in [6, 6.07) is 23.2. The molecule has 2 bridgehead atoms. The van der Waals surface area contributed by atoms with Gasteiger partial charge >= 0.3 is 11.9 Å². The van der Waals surface area contributed by atoms with Gasteiger partial charge in [0.1, 0.15) is 29.5 Å². The number of Topliss-reactive ketones (excluding diaryl/α,β-unsaturated/α-hetero) is 1. The Balaban J connectivity index is 0.00000320. The Labute approximate surface area is 408 Å². The quantitative estimate of drug-likeness (QED) is 0.142. The molecule has 2 saturated carbocycles. The number of ether oxygens (including phenoxy) is 3. The number of carbonyl (C=O) groups excluding carboxylic acids is 4. The summed E-state index contributed by atoms with van der Waals surface area (Å²) >= 11 is 0. The van der Waals surface area contributed by atoms with Crippen LogP contribution in [-0.2, 0) is 23.8 Å². The standard InChI is InChI=1S/C43H47NO12.2Ac/c1-23-27(55-39(51)33(47)31(24-14-8-5-9-15-24)44-37(49)25-16-10-6-11-17-25)21-43(53)36(56-38(50)26-18-12-7-13-19-26)34-41(4,28(45)20-29-42(34,52)22-54-29)35(48)32(46)30(23)40(43,2)3;;/h5-19,27-29,31-34,36,45-47,52-53H,20-22H2,1-4H3,(H,44,49);;/t27?,28?,29?,31?,32?,33?,34?,36-,41+,42-,43?;;/m0../s1. The fraction of sp³-hybridized carbons (Fsp3) is 0.442. The summed E-state index contributed by atoms with van der Waals surface area (Å²) < 4.78 is 17.9. The fourth-order valence-corrected chi connectivity index (χ4v) is 9.54. The molecule has 3 aliphatic carbocycles. The Hall–Kier alpha value is -1.88. The van der Waals surface area contributed by atoms with Crippen LogP contribution in [-0.4, -0.2) is 104 Å². The van der Waals surface area contributed by atoms with Crippen molar-refractivity contribution in [2.45, 2.75) is 94.4 Å². The number of rotatable bonds is 8. The van der Waals surface area contributed by atoms with Gasteiger partial charge in [-0.15, -0.1) is 0 Å². The fourth-order valence-electron chi connectivity index (χ4n) is 9.54. The number of aliphatic hydroxyl groups is 5. The molecule has 7 rings (SSSR count). The van der Waals surface area contributed by atoms with Crippen molar-refractivity contribution < 1.29 is 147 Å². The van der Waals surface area contributed by atoms with E-state index in [1.165, 1.54) is 26.0 Å². The van der Waals surface area contributed by atoms with Crippen molar-refractivity contribution in [3.05, 3.63) is 119 Å². The first-order valence-corrected chi connectivity index (χ1v) is 18.7. The topological polar surface area (TPSA) is 209 Å². The van der Waals surface area contributed by atoms with Crippen LogP contribution in [0.2, 0.25) is 0 Å². The normalized spacial score (nSPS) is 33.1. The zero-order valence-electron chi connectivity index (χ0n) is 32.6. The first kappa shape index (κ1) is 47.2. The maximum atomic E-state index is 14.7. The zero-order chi connectivity index (χ0) is 40.4. The average Bonchev–Trinajstić information content (AvgIpc) is 3.19. The van der Waals surface area contributed by atoms with E-state index in [1.807, 2.05) is 0 Å². The van der Waals surface area contributed by atoms with E-state index < -0.39 is 101 Å². The predicted molar refractivity (Wildman–Crippen MR) is 199 cm³/mol. The molecule has 2 radical (unpaired) electrons. The molecule has 0 aromatic heterocycles. The van der Waals surface area contributed by atoms with Crippen molar-refractivity contribution in [1.29, 1.82) is 0 Å². The van der Waals surface area contributed by atoms with Gasteiger partial charge in [0.25, 0.3) is 5.91 Å². The Kier molecular flexibility index (Phi) is 14.5. The molecule has 1 amide bonds. The van der Waals surface area contributed by atoms with Crippen molar-refractivity contribution in [2.24, 2.45) is 16.7 Å². The van der Waals surface area contributed by atoms with E-state index in [2.05, 4.69) is 5.32 Å². The second kappa shape index (κ2) is 17.8. The molecule has 1 saturated heterocycles. The summed E-state index contributed by atoms with van der Waals surface area (Å²) in [4.78, 5) is 56.0. The Bertz CT molecular complexity index is 2050. The second-order valence-electron chi connectivity index (χ2n) is 16.2. The predicted octanol–water partition coefficient (Wildman–Crippen LogP) is 2.59. The average molecular weight is 1220 g/mol. The Morgan fingerprint density at radius 1 is 0.845 bits per heavy atom. The number of benzene rings is 3. The van der Waals surface area contributed by atoms with Gasteiger partial charge in [0.2, 0.25) is 0 Å². The molecule has 302 valence electrons. The molecule has 1 heterocycles. The molecule has 3 fully saturated rings.